The van der Waals surface area contributed by atoms with Crippen LogP contribution in [0.1, 0.15) is 40.9 Å². The molecule has 1 spiro atoms. The van der Waals surface area contributed by atoms with Crippen LogP contribution in [0.2, 0.25) is 5.02 Å². The molecule has 2 N–H and O–H groups in total. The van der Waals surface area contributed by atoms with E-state index in [1.54, 1.807) is 17.0 Å². The molecule has 1 aromatic carbocycles. The lowest BCUT2D eigenvalue weighted by Gasteiger charge is -2.49. The minimum Gasteiger partial charge on any atom is -0.392 e. The second-order valence-electron chi connectivity index (χ2n) is 8.47. The van der Waals surface area contributed by atoms with Gasteiger partial charge in [0, 0.05) is 43.9 Å². The van der Waals surface area contributed by atoms with Gasteiger partial charge in [0.05, 0.1) is 11.7 Å². The maximum absolute atomic E-state index is 13.3. The van der Waals surface area contributed by atoms with Crippen molar-refractivity contribution in [2.24, 2.45) is 5.41 Å². The van der Waals surface area contributed by atoms with Crippen molar-refractivity contribution >= 4 is 17.5 Å². The number of halogens is 2. The number of nitriles is 1. The predicted molar refractivity (Wildman–Crippen MR) is 110 cm³/mol. The Morgan fingerprint density at radius 2 is 2.13 bits per heavy atom. The Bertz CT molecular complexity index is 978. The molecule has 1 amide bonds. The summed E-state index contributed by atoms with van der Waals surface area (Å²) in [6.07, 6.45) is 3.41. The summed E-state index contributed by atoms with van der Waals surface area (Å²) in [7, 11) is 0. The van der Waals surface area contributed by atoms with Gasteiger partial charge in [0.15, 0.2) is 0 Å². The molecule has 6 nitrogen and oxygen atoms in total. The summed E-state index contributed by atoms with van der Waals surface area (Å²) in [6.45, 7) is 3.13. The number of H-pyrrole nitrogens is 1. The number of nitrogens with zero attached hydrogens (tertiary/aromatic N) is 3. The van der Waals surface area contributed by atoms with E-state index in [2.05, 4.69) is 9.88 Å². The first-order valence-corrected chi connectivity index (χ1v) is 10.5. The molecule has 4 rings (SSSR count). The first-order chi connectivity index (χ1) is 14.4. The average Bonchev–Trinajstić information content (AvgIpc) is 3.19. The van der Waals surface area contributed by atoms with Gasteiger partial charge in [0.2, 0.25) is 0 Å². The molecule has 0 radical (unpaired) electrons. The molecule has 2 aliphatic heterocycles. The second-order valence-corrected chi connectivity index (χ2v) is 8.88. The molecular formula is C22H24ClFN4O2. The molecule has 3 heterocycles. The van der Waals surface area contributed by atoms with Crippen molar-refractivity contribution in [1.82, 2.24) is 14.8 Å². The molecule has 2 aromatic rings. The van der Waals surface area contributed by atoms with Gasteiger partial charge >= 0.3 is 0 Å². The van der Waals surface area contributed by atoms with Crippen molar-refractivity contribution in [2.75, 3.05) is 26.2 Å². The summed E-state index contributed by atoms with van der Waals surface area (Å²) in [6, 6.07) is 8.01. The largest absolute Gasteiger partial charge is 0.392 e. The molecule has 8 heteroatoms. The highest BCUT2D eigenvalue weighted by molar-refractivity contribution is 6.31. The second kappa shape index (κ2) is 8.38. The minimum absolute atomic E-state index is 0.0610. The summed E-state index contributed by atoms with van der Waals surface area (Å²) < 4.78 is 13.3. The molecule has 1 atom stereocenters. The fraction of sp³-hybridized carbons (Fsp3) is 0.455. The Kier molecular flexibility index (Phi) is 5.83. The molecule has 2 aliphatic rings. The Hall–Kier alpha value is -2.40. The van der Waals surface area contributed by atoms with Crippen molar-refractivity contribution in [3.8, 4) is 6.07 Å². The first-order valence-electron chi connectivity index (χ1n) is 10.1. The SMILES string of the molecule is N#Cc1c[nH]c(C(=O)N2CCC3(CC2)CC(O)CN(Cc2ccc(F)cc2Cl)C3)c1. The van der Waals surface area contributed by atoms with Gasteiger partial charge in [-0.2, -0.15) is 5.26 Å². The summed E-state index contributed by atoms with van der Waals surface area (Å²) in [5.41, 5.74) is 1.65. The third kappa shape index (κ3) is 4.36. The van der Waals surface area contributed by atoms with E-state index >= 15 is 0 Å². The lowest BCUT2D eigenvalue weighted by atomic mass is 9.71. The molecule has 158 valence electrons. The van der Waals surface area contributed by atoms with E-state index in [4.69, 9.17) is 16.9 Å². The van der Waals surface area contributed by atoms with Crippen molar-refractivity contribution in [3.63, 3.8) is 0 Å². The van der Waals surface area contributed by atoms with E-state index in [0.29, 0.717) is 48.9 Å². The van der Waals surface area contributed by atoms with Crippen LogP contribution >= 0.6 is 11.6 Å². The molecule has 0 aliphatic carbocycles. The van der Waals surface area contributed by atoms with Crippen molar-refractivity contribution in [1.29, 1.82) is 5.26 Å². The predicted octanol–water partition coefficient (Wildman–Crippen LogP) is 3.17. The normalized spacial score (nSPS) is 21.5. The van der Waals surface area contributed by atoms with E-state index < -0.39 is 6.10 Å². The number of benzene rings is 1. The number of aromatic amines is 1. The number of aliphatic hydroxyl groups excluding tert-OH is 1. The zero-order chi connectivity index (χ0) is 21.3. The molecule has 2 saturated heterocycles. The molecule has 30 heavy (non-hydrogen) atoms. The number of amides is 1. The smallest absolute Gasteiger partial charge is 0.270 e. The number of hydrogen-bond donors (Lipinski definition) is 2. The lowest BCUT2D eigenvalue weighted by Crippen LogP contribution is -2.54. The van der Waals surface area contributed by atoms with E-state index in [9.17, 15) is 14.3 Å². The Labute approximate surface area is 179 Å². The van der Waals surface area contributed by atoms with Crippen LogP contribution in [0, 0.1) is 22.6 Å². The van der Waals surface area contributed by atoms with Crippen molar-refractivity contribution in [2.45, 2.75) is 31.9 Å². The quantitative estimate of drug-likeness (QED) is 0.783. The lowest BCUT2D eigenvalue weighted by molar-refractivity contribution is -0.0404. The molecule has 0 saturated carbocycles. The zero-order valence-corrected chi connectivity index (χ0v) is 17.3. The minimum atomic E-state index is -0.443. The summed E-state index contributed by atoms with van der Waals surface area (Å²) in [5, 5.41) is 19.9. The number of piperidine rings is 2. The van der Waals surface area contributed by atoms with Gasteiger partial charge in [-0.15, -0.1) is 0 Å². The number of aliphatic hydroxyl groups is 1. The van der Waals surface area contributed by atoms with Crippen LogP contribution in [0.25, 0.3) is 0 Å². The fourth-order valence-corrected chi connectivity index (χ4v) is 5.00. The van der Waals surface area contributed by atoms with Crippen LogP contribution in [0.15, 0.2) is 30.5 Å². The number of aromatic nitrogens is 1. The first kappa shape index (κ1) is 20.9. The molecule has 1 aromatic heterocycles. The van der Waals surface area contributed by atoms with Crippen LogP contribution in [0.5, 0.6) is 0 Å². The highest BCUT2D eigenvalue weighted by Crippen LogP contribution is 2.40. The number of hydrogen-bond acceptors (Lipinski definition) is 4. The highest BCUT2D eigenvalue weighted by Gasteiger charge is 2.42. The number of carbonyl (C=O) groups excluding carboxylic acids is 1. The number of rotatable bonds is 3. The van der Waals surface area contributed by atoms with Crippen LogP contribution < -0.4 is 0 Å². The van der Waals surface area contributed by atoms with Gasteiger partial charge < -0.3 is 15.0 Å². The fourth-order valence-electron chi connectivity index (χ4n) is 4.78. The van der Waals surface area contributed by atoms with Gasteiger partial charge in [-0.3, -0.25) is 9.69 Å². The van der Waals surface area contributed by atoms with Crippen LogP contribution in [0.4, 0.5) is 4.39 Å². The van der Waals surface area contributed by atoms with Crippen LogP contribution in [-0.4, -0.2) is 58.1 Å². The Morgan fingerprint density at radius 1 is 1.37 bits per heavy atom. The monoisotopic (exact) mass is 430 g/mol. The average molecular weight is 431 g/mol. The number of β-amino-alcohol motifs (C(OH)–C–C–N with tert-alkyl or cyclic N) is 1. The summed E-state index contributed by atoms with van der Waals surface area (Å²) >= 11 is 6.19. The van der Waals surface area contributed by atoms with Gasteiger partial charge in [0.1, 0.15) is 17.6 Å². The van der Waals surface area contributed by atoms with Gasteiger partial charge in [-0.1, -0.05) is 17.7 Å². The topological polar surface area (TPSA) is 83.4 Å². The van der Waals surface area contributed by atoms with E-state index in [1.807, 2.05) is 6.07 Å². The van der Waals surface area contributed by atoms with Crippen LogP contribution in [0.3, 0.4) is 0 Å². The number of nitrogens with one attached hydrogen (secondary N) is 1. The third-order valence-corrected chi connectivity index (χ3v) is 6.61. The summed E-state index contributed by atoms with van der Waals surface area (Å²) in [4.78, 5) is 19.6. The standard InChI is InChI=1S/C22H24ClFN4O2/c23-19-8-17(24)2-1-16(19)12-27-13-18(29)9-22(14-27)3-5-28(6-4-22)21(30)20-7-15(10-25)11-26-20/h1-2,7-8,11,18,26,29H,3-6,9,12-14H2. The van der Waals surface area contributed by atoms with E-state index in [-0.39, 0.29) is 17.1 Å². The molecular weight excluding hydrogens is 407 g/mol. The van der Waals surface area contributed by atoms with Gasteiger partial charge in [-0.05, 0) is 48.4 Å². The molecule has 0 bridgehead atoms. The zero-order valence-electron chi connectivity index (χ0n) is 16.6. The van der Waals surface area contributed by atoms with Gasteiger partial charge in [0.25, 0.3) is 5.91 Å². The van der Waals surface area contributed by atoms with Gasteiger partial charge in [-0.25, -0.2) is 4.39 Å². The maximum atomic E-state index is 13.3. The van der Waals surface area contributed by atoms with Crippen molar-refractivity contribution < 1.29 is 14.3 Å². The summed E-state index contributed by atoms with van der Waals surface area (Å²) in [5.74, 6) is -0.461. The van der Waals surface area contributed by atoms with E-state index in [1.165, 1.54) is 18.3 Å². The maximum Gasteiger partial charge on any atom is 0.270 e. The third-order valence-electron chi connectivity index (χ3n) is 6.26. The van der Waals surface area contributed by atoms with Crippen molar-refractivity contribution in [3.05, 3.63) is 58.1 Å². The van der Waals surface area contributed by atoms with E-state index in [0.717, 1.165) is 24.9 Å². The highest BCUT2D eigenvalue weighted by atomic mass is 35.5. The van der Waals surface area contributed by atoms with Crippen LogP contribution in [-0.2, 0) is 6.54 Å². The number of carbonyl (C=O) groups is 1. The molecule has 2 fully saturated rings. The molecule has 1 unspecified atom stereocenters. The Morgan fingerprint density at radius 3 is 2.80 bits per heavy atom. The Balaban J connectivity index is 1.41. The number of likely N-dealkylation sites (tertiary alicyclic amines) is 2.